The van der Waals surface area contributed by atoms with E-state index in [4.69, 9.17) is 0 Å². The lowest BCUT2D eigenvalue weighted by Gasteiger charge is -2.28. The first-order valence-electron chi connectivity index (χ1n) is 7.16. The van der Waals surface area contributed by atoms with Crippen molar-refractivity contribution in [3.8, 4) is 0 Å². The second-order valence-electron chi connectivity index (χ2n) is 6.13. The van der Waals surface area contributed by atoms with E-state index in [0.717, 1.165) is 25.7 Å². The van der Waals surface area contributed by atoms with E-state index >= 15 is 0 Å². The van der Waals surface area contributed by atoms with Crippen molar-refractivity contribution in [1.82, 2.24) is 0 Å². The molecule has 3 aliphatic rings. The standard InChI is InChI=1S/C15H22O2/c16-14(11-4-2-1-3-5-11)15(17)13-9-10-6-7-12(13)8-10/h6-7,10-14,16H,1-5,8-9H2/t10-,12-,13-,14+/m1/s1. The highest BCUT2D eigenvalue weighted by molar-refractivity contribution is 5.86. The summed E-state index contributed by atoms with van der Waals surface area (Å²) in [5.74, 6) is 1.58. The fraction of sp³-hybridized carbons (Fsp3) is 0.800. The van der Waals surface area contributed by atoms with Crippen molar-refractivity contribution >= 4 is 5.78 Å². The lowest BCUT2D eigenvalue weighted by molar-refractivity contribution is -0.135. The minimum absolute atomic E-state index is 0.127. The summed E-state index contributed by atoms with van der Waals surface area (Å²) in [6, 6.07) is 0. The number of ketones is 1. The van der Waals surface area contributed by atoms with Gasteiger partial charge in [-0.2, -0.15) is 0 Å². The van der Waals surface area contributed by atoms with Crippen LogP contribution in [0.4, 0.5) is 0 Å². The van der Waals surface area contributed by atoms with Gasteiger partial charge in [-0.15, -0.1) is 0 Å². The number of rotatable bonds is 3. The molecule has 0 aromatic heterocycles. The number of carbonyl (C=O) groups is 1. The number of Topliss-reactive ketones (excluding diaryl/α,β-unsaturated/α-hetero) is 1. The molecule has 0 radical (unpaired) electrons. The zero-order chi connectivity index (χ0) is 11.8. The molecule has 0 heterocycles. The minimum atomic E-state index is -0.673. The van der Waals surface area contributed by atoms with Gasteiger partial charge >= 0.3 is 0 Å². The molecule has 2 heteroatoms. The molecular weight excluding hydrogens is 212 g/mol. The van der Waals surface area contributed by atoms with Gasteiger partial charge in [-0.3, -0.25) is 4.79 Å². The van der Waals surface area contributed by atoms with E-state index in [1.807, 2.05) is 0 Å². The third-order valence-electron chi connectivity index (χ3n) is 5.03. The smallest absolute Gasteiger partial charge is 0.165 e. The predicted molar refractivity (Wildman–Crippen MR) is 66.4 cm³/mol. The molecule has 2 fully saturated rings. The van der Waals surface area contributed by atoms with Crippen LogP contribution in [0.5, 0.6) is 0 Å². The third kappa shape index (κ3) is 2.08. The molecule has 4 atom stereocenters. The molecule has 0 aromatic rings. The summed E-state index contributed by atoms with van der Waals surface area (Å²) in [6.45, 7) is 0. The van der Waals surface area contributed by atoms with Crippen LogP contribution < -0.4 is 0 Å². The Balaban J connectivity index is 1.63. The Morgan fingerprint density at radius 2 is 1.88 bits per heavy atom. The van der Waals surface area contributed by atoms with E-state index < -0.39 is 6.10 Å². The van der Waals surface area contributed by atoms with Gasteiger partial charge < -0.3 is 5.11 Å². The number of fused-ring (bicyclic) bond motifs is 2. The molecule has 0 amide bonds. The molecule has 3 aliphatic carbocycles. The van der Waals surface area contributed by atoms with Gasteiger partial charge in [0.25, 0.3) is 0 Å². The van der Waals surface area contributed by atoms with Crippen molar-refractivity contribution in [2.75, 3.05) is 0 Å². The Morgan fingerprint density at radius 1 is 1.12 bits per heavy atom. The second-order valence-corrected chi connectivity index (χ2v) is 6.13. The summed E-state index contributed by atoms with van der Waals surface area (Å²) in [4.78, 5) is 12.4. The SMILES string of the molecule is O=C([C@@H](O)C1CCCCC1)[C@@H]1C[C@@H]2C=C[C@@H]1C2. The highest BCUT2D eigenvalue weighted by Crippen LogP contribution is 2.45. The Labute approximate surface area is 103 Å². The van der Waals surface area contributed by atoms with Gasteiger partial charge in [0.15, 0.2) is 5.78 Å². The summed E-state index contributed by atoms with van der Waals surface area (Å²) < 4.78 is 0. The minimum Gasteiger partial charge on any atom is -0.385 e. The van der Waals surface area contributed by atoms with Crippen molar-refractivity contribution in [2.24, 2.45) is 23.7 Å². The van der Waals surface area contributed by atoms with Gasteiger partial charge in [-0.1, -0.05) is 31.4 Å². The molecule has 0 unspecified atom stereocenters. The Bertz CT molecular complexity index is 328. The van der Waals surface area contributed by atoms with Crippen molar-refractivity contribution in [3.63, 3.8) is 0 Å². The first-order chi connectivity index (χ1) is 8.25. The molecule has 0 spiro atoms. The number of aliphatic hydroxyl groups excluding tert-OH is 1. The summed E-state index contributed by atoms with van der Waals surface area (Å²) in [5.41, 5.74) is 0. The van der Waals surface area contributed by atoms with E-state index in [2.05, 4.69) is 12.2 Å². The number of hydrogen-bond acceptors (Lipinski definition) is 2. The summed E-state index contributed by atoms with van der Waals surface area (Å²) >= 11 is 0. The van der Waals surface area contributed by atoms with E-state index in [0.29, 0.717) is 11.8 Å². The van der Waals surface area contributed by atoms with Gasteiger partial charge in [0.2, 0.25) is 0 Å². The van der Waals surface area contributed by atoms with Crippen LogP contribution in [0, 0.1) is 23.7 Å². The van der Waals surface area contributed by atoms with Crippen molar-refractivity contribution in [2.45, 2.75) is 51.0 Å². The van der Waals surface area contributed by atoms with Crippen LogP contribution in [-0.4, -0.2) is 17.0 Å². The monoisotopic (exact) mass is 234 g/mol. The quantitative estimate of drug-likeness (QED) is 0.762. The molecule has 0 aliphatic heterocycles. The summed E-state index contributed by atoms with van der Waals surface area (Å²) in [5, 5.41) is 10.3. The molecule has 94 valence electrons. The molecule has 3 rings (SSSR count). The maximum absolute atomic E-state index is 12.4. The van der Waals surface area contributed by atoms with Gasteiger partial charge in [-0.05, 0) is 43.4 Å². The van der Waals surface area contributed by atoms with Crippen LogP contribution in [0.15, 0.2) is 12.2 Å². The summed E-state index contributed by atoms with van der Waals surface area (Å²) in [7, 11) is 0. The number of allylic oxidation sites excluding steroid dienone is 2. The number of carbonyl (C=O) groups excluding carboxylic acids is 1. The highest BCUT2D eigenvalue weighted by atomic mass is 16.3. The van der Waals surface area contributed by atoms with Crippen LogP contribution in [-0.2, 0) is 4.79 Å². The number of aliphatic hydroxyl groups is 1. The van der Waals surface area contributed by atoms with Crippen LogP contribution in [0.25, 0.3) is 0 Å². The normalized spacial score (nSPS) is 38.5. The zero-order valence-corrected chi connectivity index (χ0v) is 10.3. The third-order valence-corrected chi connectivity index (χ3v) is 5.03. The van der Waals surface area contributed by atoms with Gasteiger partial charge in [0.1, 0.15) is 6.10 Å². The lowest BCUT2D eigenvalue weighted by atomic mass is 9.78. The largest absolute Gasteiger partial charge is 0.385 e. The van der Waals surface area contributed by atoms with Crippen LogP contribution in [0.3, 0.4) is 0 Å². The van der Waals surface area contributed by atoms with Gasteiger partial charge in [0, 0.05) is 5.92 Å². The molecule has 2 bridgehead atoms. The van der Waals surface area contributed by atoms with Crippen LogP contribution >= 0.6 is 0 Å². The van der Waals surface area contributed by atoms with Gasteiger partial charge in [0.05, 0.1) is 0 Å². The summed E-state index contributed by atoms with van der Waals surface area (Å²) in [6.07, 6.45) is 11.6. The van der Waals surface area contributed by atoms with E-state index in [-0.39, 0.29) is 17.6 Å². The van der Waals surface area contributed by atoms with Crippen LogP contribution in [0.1, 0.15) is 44.9 Å². The van der Waals surface area contributed by atoms with E-state index in [1.54, 1.807) is 0 Å². The fourth-order valence-corrected chi connectivity index (χ4v) is 4.01. The molecule has 2 nitrogen and oxygen atoms in total. The van der Waals surface area contributed by atoms with Crippen LogP contribution in [0.2, 0.25) is 0 Å². The van der Waals surface area contributed by atoms with E-state index in [1.165, 1.54) is 19.3 Å². The fourth-order valence-electron chi connectivity index (χ4n) is 4.01. The maximum Gasteiger partial charge on any atom is 0.165 e. The highest BCUT2D eigenvalue weighted by Gasteiger charge is 2.43. The molecule has 1 N–H and O–H groups in total. The van der Waals surface area contributed by atoms with Crippen molar-refractivity contribution in [3.05, 3.63) is 12.2 Å². The predicted octanol–water partition coefficient (Wildman–Crippen LogP) is 2.71. The Morgan fingerprint density at radius 3 is 2.47 bits per heavy atom. The molecular formula is C15H22O2. The maximum atomic E-state index is 12.4. The molecule has 2 saturated carbocycles. The average Bonchev–Trinajstić information content (AvgIpc) is 3.00. The second kappa shape index (κ2) is 4.56. The number of hydrogen-bond donors (Lipinski definition) is 1. The lowest BCUT2D eigenvalue weighted by Crippen LogP contribution is -2.37. The Hall–Kier alpha value is -0.630. The zero-order valence-electron chi connectivity index (χ0n) is 10.3. The Kier molecular flexibility index (Phi) is 3.08. The van der Waals surface area contributed by atoms with E-state index in [9.17, 15) is 9.90 Å². The molecule has 0 saturated heterocycles. The van der Waals surface area contributed by atoms with Crippen molar-refractivity contribution in [1.29, 1.82) is 0 Å². The first-order valence-corrected chi connectivity index (χ1v) is 7.16. The molecule has 0 aromatic carbocycles. The first kappa shape index (κ1) is 11.5. The van der Waals surface area contributed by atoms with Crippen molar-refractivity contribution < 1.29 is 9.90 Å². The van der Waals surface area contributed by atoms with Gasteiger partial charge in [-0.25, -0.2) is 0 Å². The topological polar surface area (TPSA) is 37.3 Å². The molecule has 17 heavy (non-hydrogen) atoms. The average molecular weight is 234 g/mol.